The van der Waals surface area contributed by atoms with Crippen molar-refractivity contribution in [1.82, 2.24) is 9.88 Å². The summed E-state index contributed by atoms with van der Waals surface area (Å²) < 4.78 is 1.76. The molecular weight excluding hydrogens is 388 g/mol. The Hall–Kier alpha value is -4.12. The molecule has 5 nitrogen and oxygen atoms in total. The number of hydrogen-bond donors (Lipinski definition) is 2. The Morgan fingerprint density at radius 1 is 0.935 bits per heavy atom. The fourth-order valence-electron chi connectivity index (χ4n) is 3.58. The highest BCUT2D eigenvalue weighted by atomic mass is 16.4. The second-order valence-electron chi connectivity index (χ2n) is 7.31. The Bertz CT molecular complexity index is 1260. The molecule has 4 rings (SSSR count). The van der Waals surface area contributed by atoms with Gasteiger partial charge in [0.05, 0.1) is 0 Å². The van der Waals surface area contributed by atoms with Crippen LogP contribution in [0.3, 0.4) is 0 Å². The van der Waals surface area contributed by atoms with Crippen LogP contribution in [0.2, 0.25) is 0 Å². The number of carbonyl (C=O) groups excluding carboxylic acids is 1. The van der Waals surface area contributed by atoms with E-state index in [0.717, 1.165) is 22.2 Å². The molecule has 0 aliphatic rings. The second-order valence-corrected chi connectivity index (χ2v) is 7.31. The highest BCUT2D eigenvalue weighted by molar-refractivity contribution is 6.00. The zero-order valence-electron chi connectivity index (χ0n) is 16.9. The fourth-order valence-corrected chi connectivity index (χ4v) is 3.58. The fraction of sp³-hybridized carbons (Fsp3) is 0.0769. The molecule has 0 saturated carbocycles. The minimum atomic E-state index is -1.01. The molecule has 3 aromatic carbocycles. The van der Waals surface area contributed by atoms with Crippen LogP contribution in [0.4, 0.5) is 0 Å². The molecule has 0 spiro atoms. The average Bonchev–Trinajstić information content (AvgIpc) is 3.16. The number of fused-ring (bicyclic) bond motifs is 1. The van der Waals surface area contributed by atoms with Gasteiger partial charge < -0.3 is 15.0 Å². The maximum Gasteiger partial charge on any atom is 0.352 e. The zero-order chi connectivity index (χ0) is 21.8. The summed E-state index contributed by atoms with van der Waals surface area (Å²) in [5.41, 5.74) is 4.45. The molecule has 0 bridgehead atoms. The summed E-state index contributed by atoms with van der Waals surface area (Å²) in [7, 11) is 0. The summed E-state index contributed by atoms with van der Waals surface area (Å²) in [6.07, 6.45) is 1.77. The minimum absolute atomic E-state index is 0.185. The van der Waals surface area contributed by atoms with Crippen molar-refractivity contribution in [3.05, 3.63) is 113 Å². The van der Waals surface area contributed by atoms with Gasteiger partial charge >= 0.3 is 5.97 Å². The summed E-state index contributed by atoms with van der Waals surface area (Å²) >= 11 is 0. The average molecular weight is 410 g/mol. The summed E-state index contributed by atoms with van der Waals surface area (Å²) in [5.74, 6) is -1.20. The number of benzene rings is 3. The van der Waals surface area contributed by atoms with Crippen LogP contribution in [0.1, 0.15) is 37.5 Å². The van der Waals surface area contributed by atoms with Gasteiger partial charge in [0.1, 0.15) is 5.69 Å². The largest absolute Gasteiger partial charge is 0.477 e. The standard InChI is InChI=1S/C26H22N2O3/c1-2-18-8-10-20(11-9-18)17-28-23-13-12-21(14-22(23)15-24(28)26(30)31)25(29)27-16-19-6-4-3-5-7-19/h2-15H,1,16-17H2,(H,27,29)(H,30,31). The lowest BCUT2D eigenvalue weighted by molar-refractivity contribution is 0.0686. The van der Waals surface area contributed by atoms with Crippen LogP contribution in [-0.2, 0) is 13.1 Å². The van der Waals surface area contributed by atoms with Gasteiger partial charge in [0.15, 0.2) is 0 Å². The van der Waals surface area contributed by atoms with E-state index in [4.69, 9.17) is 0 Å². The van der Waals surface area contributed by atoms with Crippen molar-refractivity contribution in [3.8, 4) is 0 Å². The number of aromatic nitrogens is 1. The van der Waals surface area contributed by atoms with E-state index in [9.17, 15) is 14.7 Å². The number of nitrogens with one attached hydrogen (secondary N) is 1. The summed E-state index contributed by atoms with van der Waals surface area (Å²) in [6.45, 7) is 4.60. The minimum Gasteiger partial charge on any atom is -0.477 e. The van der Waals surface area contributed by atoms with Crippen molar-refractivity contribution in [1.29, 1.82) is 0 Å². The van der Waals surface area contributed by atoms with Crippen LogP contribution in [0.15, 0.2) is 85.4 Å². The highest BCUT2D eigenvalue weighted by Gasteiger charge is 2.16. The van der Waals surface area contributed by atoms with E-state index < -0.39 is 5.97 Å². The number of amides is 1. The van der Waals surface area contributed by atoms with Gasteiger partial charge in [-0.05, 0) is 41.0 Å². The van der Waals surface area contributed by atoms with E-state index in [0.29, 0.717) is 24.0 Å². The van der Waals surface area contributed by atoms with Gasteiger partial charge in [0, 0.05) is 29.6 Å². The first-order chi connectivity index (χ1) is 15.0. The first kappa shape index (κ1) is 20.2. The van der Waals surface area contributed by atoms with Crippen LogP contribution in [0.5, 0.6) is 0 Å². The monoisotopic (exact) mass is 410 g/mol. The molecule has 2 N–H and O–H groups in total. The Morgan fingerprint density at radius 3 is 2.35 bits per heavy atom. The van der Waals surface area contributed by atoms with Gasteiger partial charge in [0.2, 0.25) is 0 Å². The Balaban J connectivity index is 1.61. The van der Waals surface area contributed by atoms with E-state index in [1.54, 1.807) is 34.9 Å². The molecule has 0 unspecified atom stereocenters. The highest BCUT2D eigenvalue weighted by Crippen LogP contribution is 2.23. The van der Waals surface area contributed by atoms with Gasteiger partial charge in [0.25, 0.3) is 5.91 Å². The molecule has 0 saturated heterocycles. The maximum absolute atomic E-state index is 12.6. The number of rotatable bonds is 7. The molecule has 31 heavy (non-hydrogen) atoms. The molecule has 1 heterocycles. The van der Waals surface area contributed by atoms with Gasteiger partial charge in [-0.1, -0.05) is 67.3 Å². The maximum atomic E-state index is 12.6. The molecule has 5 heteroatoms. The predicted octanol–water partition coefficient (Wildman–Crippen LogP) is 4.96. The SMILES string of the molecule is C=Cc1ccc(Cn2c(C(=O)O)cc3cc(C(=O)NCc4ccccc4)ccc32)cc1. The third kappa shape index (κ3) is 4.41. The van der Waals surface area contributed by atoms with E-state index in [-0.39, 0.29) is 11.6 Å². The first-order valence-electron chi connectivity index (χ1n) is 9.95. The van der Waals surface area contributed by atoms with Crippen molar-refractivity contribution in [2.45, 2.75) is 13.1 Å². The van der Waals surface area contributed by atoms with Crippen molar-refractivity contribution >= 4 is 28.9 Å². The lowest BCUT2D eigenvalue weighted by Gasteiger charge is -2.10. The molecule has 154 valence electrons. The van der Waals surface area contributed by atoms with E-state index in [1.807, 2.05) is 54.6 Å². The smallest absolute Gasteiger partial charge is 0.352 e. The van der Waals surface area contributed by atoms with Crippen LogP contribution in [0, 0.1) is 0 Å². The van der Waals surface area contributed by atoms with E-state index in [1.165, 1.54) is 0 Å². The molecule has 4 aromatic rings. The lowest BCUT2D eigenvalue weighted by Crippen LogP contribution is -2.22. The Labute approximate surface area is 180 Å². The normalized spacial score (nSPS) is 10.7. The molecule has 0 aliphatic heterocycles. The number of hydrogen-bond acceptors (Lipinski definition) is 2. The van der Waals surface area contributed by atoms with Gasteiger partial charge in [-0.25, -0.2) is 4.79 Å². The molecule has 0 aliphatic carbocycles. The Kier molecular flexibility index (Phi) is 5.67. The van der Waals surface area contributed by atoms with E-state index in [2.05, 4.69) is 11.9 Å². The van der Waals surface area contributed by atoms with Crippen LogP contribution >= 0.6 is 0 Å². The first-order valence-corrected chi connectivity index (χ1v) is 9.95. The molecule has 1 aromatic heterocycles. The number of nitrogens with zero attached hydrogens (tertiary/aromatic N) is 1. The molecule has 0 atom stereocenters. The predicted molar refractivity (Wildman–Crippen MR) is 122 cm³/mol. The summed E-state index contributed by atoms with van der Waals surface area (Å²) in [5, 5.41) is 13.3. The van der Waals surface area contributed by atoms with Crippen LogP contribution in [-0.4, -0.2) is 21.6 Å². The quantitative estimate of drug-likeness (QED) is 0.452. The number of carboxylic acid groups (broad SMARTS) is 1. The van der Waals surface area contributed by atoms with Crippen LogP contribution < -0.4 is 5.32 Å². The van der Waals surface area contributed by atoms with Gasteiger partial charge in [-0.3, -0.25) is 4.79 Å². The second kappa shape index (κ2) is 8.71. The molecule has 1 amide bonds. The molecule has 0 radical (unpaired) electrons. The summed E-state index contributed by atoms with van der Waals surface area (Å²) in [6, 6.07) is 24.4. The number of aromatic carboxylic acids is 1. The Morgan fingerprint density at radius 2 is 1.68 bits per heavy atom. The number of carbonyl (C=O) groups is 2. The molecule has 0 fully saturated rings. The summed E-state index contributed by atoms with van der Waals surface area (Å²) in [4.78, 5) is 24.4. The lowest BCUT2D eigenvalue weighted by atomic mass is 10.1. The molecular formula is C26H22N2O3. The van der Waals surface area contributed by atoms with Crippen molar-refractivity contribution in [2.24, 2.45) is 0 Å². The van der Waals surface area contributed by atoms with Gasteiger partial charge in [-0.2, -0.15) is 0 Å². The third-order valence-corrected chi connectivity index (χ3v) is 5.23. The van der Waals surface area contributed by atoms with Crippen LogP contribution in [0.25, 0.3) is 17.0 Å². The number of carboxylic acids is 1. The van der Waals surface area contributed by atoms with Gasteiger partial charge in [-0.15, -0.1) is 0 Å². The van der Waals surface area contributed by atoms with Crippen molar-refractivity contribution in [2.75, 3.05) is 0 Å². The topological polar surface area (TPSA) is 71.3 Å². The van der Waals surface area contributed by atoms with E-state index >= 15 is 0 Å². The van der Waals surface area contributed by atoms with Crippen molar-refractivity contribution < 1.29 is 14.7 Å². The third-order valence-electron chi connectivity index (χ3n) is 5.23. The van der Waals surface area contributed by atoms with Crippen molar-refractivity contribution in [3.63, 3.8) is 0 Å². The zero-order valence-corrected chi connectivity index (χ0v) is 16.9.